The Bertz CT molecular complexity index is 577. The zero-order valence-electron chi connectivity index (χ0n) is 10.7. The van der Waals surface area contributed by atoms with Crippen molar-refractivity contribution in [1.82, 2.24) is 9.97 Å². The minimum absolute atomic E-state index is 0.118. The van der Waals surface area contributed by atoms with Gasteiger partial charge in [0.05, 0.1) is 18.0 Å². The van der Waals surface area contributed by atoms with Gasteiger partial charge in [-0.25, -0.2) is 9.97 Å². The SMILES string of the molecule is Cc1cc(C)nc(NC(=O)Cc2nc(CCl)cs2)c1. The van der Waals surface area contributed by atoms with Crippen molar-refractivity contribution < 1.29 is 4.79 Å². The first-order valence-electron chi connectivity index (χ1n) is 5.81. The Morgan fingerprint density at radius 3 is 2.79 bits per heavy atom. The average molecular weight is 296 g/mol. The van der Waals surface area contributed by atoms with Crippen LogP contribution in [-0.4, -0.2) is 15.9 Å². The highest BCUT2D eigenvalue weighted by Crippen LogP contribution is 2.14. The number of halogens is 1. The maximum Gasteiger partial charge on any atom is 0.232 e. The molecule has 1 N–H and O–H groups in total. The molecule has 0 saturated heterocycles. The van der Waals surface area contributed by atoms with E-state index >= 15 is 0 Å². The number of alkyl halides is 1. The summed E-state index contributed by atoms with van der Waals surface area (Å²) in [6.45, 7) is 3.87. The number of aryl methyl sites for hydroxylation is 2. The summed E-state index contributed by atoms with van der Waals surface area (Å²) in [5.74, 6) is 0.834. The van der Waals surface area contributed by atoms with E-state index in [1.54, 1.807) is 0 Å². The molecular weight excluding hydrogens is 282 g/mol. The van der Waals surface area contributed by atoms with Crippen LogP contribution in [0.1, 0.15) is 22.0 Å². The summed E-state index contributed by atoms with van der Waals surface area (Å²) < 4.78 is 0. The number of hydrogen-bond acceptors (Lipinski definition) is 4. The summed E-state index contributed by atoms with van der Waals surface area (Å²) in [6.07, 6.45) is 0.246. The molecule has 0 aliphatic rings. The van der Waals surface area contributed by atoms with Crippen LogP contribution >= 0.6 is 22.9 Å². The lowest BCUT2D eigenvalue weighted by atomic mass is 10.2. The first-order valence-corrected chi connectivity index (χ1v) is 7.22. The summed E-state index contributed by atoms with van der Waals surface area (Å²) in [7, 11) is 0. The van der Waals surface area contributed by atoms with E-state index in [9.17, 15) is 4.79 Å². The zero-order valence-corrected chi connectivity index (χ0v) is 12.3. The Balaban J connectivity index is 2.00. The van der Waals surface area contributed by atoms with Gasteiger partial charge in [0.2, 0.25) is 5.91 Å². The monoisotopic (exact) mass is 295 g/mol. The van der Waals surface area contributed by atoms with Crippen LogP contribution in [0.5, 0.6) is 0 Å². The number of amides is 1. The largest absolute Gasteiger partial charge is 0.310 e. The first-order chi connectivity index (χ1) is 9.06. The van der Waals surface area contributed by atoms with Crippen molar-refractivity contribution >= 4 is 34.7 Å². The van der Waals surface area contributed by atoms with Crippen molar-refractivity contribution in [3.63, 3.8) is 0 Å². The number of nitrogens with zero attached hydrogens (tertiary/aromatic N) is 2. The molecule has 0 saturated carbocycles. The van der Waals surface area contributed by atoms with Crippen LogP contribution in [0.15, 0.2) is 17.5 Å². The quantitative estimate of drug-likeness (QED) is 0.882. The van der Waals surface area contributed by atoms with E-state index in [1.165, 1.54) is 11.3 Å². The molecule has 2 aromatic rings. The summed E-state index contributed by atoms with van der Waals surface area (Å²) >= 11 is 7.12. The van der Waals surface area contributed by atoms with Crippen LogP contribution in [0.3, 0.4) is 0 Å². The van der Waals surface area contributed by atoms with Gasteiger partial charge in [0.15, 0.2) is 0 Å². The topological polar surface area (TPSA) is 54.9 Å². The molecule has 2 heterocycles. The van der Waals surface area contributed by atoms with Crippen molar-refractivity contribution in [3.05, 3.63) is 39.5 Å². The van der Waals surface area contributed by atoms with Gasteiger partial charge in [-0.05, 0) is 31.5 Å². The lowest BCUT2D eigenvalue weighted by Gasteiger charge is -2.05. The number of anilines is 1. The lowest BCUT2D eigenvalue weighted by Crippen LogP contribution is -2.15. The fourth-order valence-corrected chi connectivity index (χ4v) is 2.74. The number of thiazole rings is 1. The number of carbonyl (C=O) groups excluding carboxylic acids is 1. The molecule has 2 rings (SSSR count). The second-order valence-electron chi connectivity index (χ2n) is 4.26. The normalized spacial score (nSPS) is 10.5. The van der Waals surface area contributed by atoms with Gasteiger partial charge in [0.1, 0.15) is 10.8 Å². The minimum atomic E-state index is -0.118. The van der Waals surface area contributed by atoms with Crippen molar-refractivity contribution in [2.45, 2.75) is 26.1 Å². The second kappa shape index (κ2) is 6.12. The highest BCUT2D eigenvalue weighted by Gasteiger charge is 2.09. The molecule has 0 aliphatic carbocycles. The minimum Gasteiger partial charge on any atom is -0.310 e. The second-order valence-corrected chi connectivity index (χ2v) is 5.47. The Labute approximate surface area is 120 Å². The van der Waals surface area contributed by atoms with Crippen molar-refractivity contribution in [3.8, 4) is 0 Å². The summed E-state index contributed by atoms with van der Waals surface area (Å²) in [4.78, 5) is 20.4. The van der Waals surface area contributed by atoms with Gasteiger partial charge in [-0.1, -0.05) is 0 Å². The maximum absolute atomic E-state index is 11.9. The van der Waals surface area contributed by atoms with E-state index in [0.29, 0.717) is 11.7 Å². The maximum atomic E-state index is 11.9. The third-order valence-corrected chi connectivity index (χ3v) is 3.58. The number of hydrogen-bond donors (Lipinski definition) is 1. The molecule has 2 aromatic heterocycles. The number of carbonyl (C=O) groups is 1. The highest BCUT2D eigenvalue weighted by atomic mass is 35.5. The first kappa shape index (κ1) is 14.0. The molecule has 19 heavy (non-hydrogen) atoms. The van der Waals surface area contributed by atoms with Gasteiger partial charge >= 0.3 is 0 Å². The molecule has 0 unspecified atom stereocenters. The van der Waals surface area contributed by atoms with E-state index in [4.69, 9.17) is 11.6 Å². The highest BCUT2D eigenvalue weighted by molar-refractivity contribution is 7.09. The van der Waals surface area contributed by atoms with E-state index in [1.807, 2.05) is 31.4 Å². The predicted octanol–water partition coefficient (Wildman–Crippen LogP) is 3.07. The van der Waals surface area contributed by atoms with Gasteiger partial charge in [-0.2, -0.15) is 0 Å². The summed E-state index contributed by atoms with van der Waals surface area (Å²) in [5.41, 5.74) is 2.76. The number of aromatic nitrogens is 2. The molecule has 0 atom stereocenters. The van der Waals surface area contributed by atoms with Crippen LogP contribution < -0.4 is 5.32 Å². The van der Waals surface area contributed by atoms with Gasteiger partial charge in [0, 0.05) is 11.1 Å². The molecule has 0 spiro atoms. The van der Waals surface area contributed by atoms with E-state index in [0.717, 1.165) is 22.0 Å². The predicted molar refractivity (Wildman–Crippen MR) is 77.7 cm³/mol. The van der Waals surface area contributed by atoms with Crippen LogP contribution in [0.25, 0.3) is 0 Å². The van der Waals surface area contributed by atoms with Crippen LogP contribution in [-0.2, 0) is 17.1 Å². The standard InChI is InChI=1S/C13H14ClN3OS/c1-8-3-9(2)15-11(4-8)17-12(18)5-13-16-10(6-14)7-19-13/h3-4,7H,5-6H2,1-2H3,(H,15,17,18). The van der Waals surface area contributed by atoms with Gasteiger partial charge in [-0.3, -0.25) is 4.79 Å². The molecule has 0 fully saturated rings. The fraction of sp³-hybridized carbons (Fsp3) is 0.308. The van der Waals surface area contributed by atoms with Crippen LogP contribution in [0, 0.1) is 13.8 Å². The molecule has 100 valence electrons. The lowest BCUT2D eigenvalue weighted by molar-refractivity contribution is -0.115. The molecule has 0 bridgehead atoms. The Hall–Kier alpha value is -1.46. The molecule has 0 aliphatic heterocycles. The fourth-order valence-electron chi connectivity index (χ4n) is 1.72. The van der Waals surface area contributed by atoms with Crippen LogP contribution in [0.2, 0.25) is 0 Å². The number of pyridine rings is 1. The van der Waals surface area contributed by atoms with E-state index in [2.05, 4.69) is 15.3 Å². The number of rotatable bonds is 4. The Morgan fingerprint density at radius 2 is 2.16 bits per heavy atom. The molecular formula is C13H14ClN3OS. The Kier molecular flexibility index (Phi) is 4.50. The van der Waals surface area contributed by atoms with Gasteiger partial charge < -0.3 is 5.32 Å². The van der Waals surface area contributed by atoms with Crippen molar-refractivity contribution in [2.24, 2.45) is 0 Å². The molecule has 0 radical (unpaired) electrons. The average Bonchev–Trinajstić information content (AvgIpc) is 2.74. The number of nitrogens with one attached hydrogen (secondary N) is 1. The Morgan fingerprint density at radius 1 is 1.37 bits per heavy atom. The third-order valence-electron chi connectivity index (χ3n) is 2.41. The van der Waals surface area contributed by atoms with Crippen molar-refractivity contribution in [1.29, 1.82) is 0 Å². The summed E-state index contributed by atoms with van der Waals surface area (Å²) in [5, 5.41) is 5.41. The van der Waals surface area contributed by atoms with Gasteiger partial charge in [0.25, 0.3) is 0 Å². The third kappa shape index (κ3) is 4.01. The zero-order chi connectivity index (χ0) is 13.8. The molecule has 4 nitrogen and oxygen atoms in total. The van der Waals surface area contributed by atoms with E-state index < -0.39 is 0 Å². The van der Waals surface area contributed by atoms with E-state index in [-0.39, 0.29) is 12.3 Å². The summed E-state index contributed by atoms with van der Waals surface area (Å²) in [6, 6.07) is 3.81. The van der Waals surface area contributed by atoms with Crippen LogP contribution in [0.4, 0.5) is 5.82 Å². The van der Waals surface area contributed by atoms with Gasteiger partial charge in [-0.15, -0.1) is 22.9 Å². The smallest absolute Gasteiger partial charge is 0.232 e. The molecule has 0 aromatic carbocycles. The molecule has 6 heteroatoms. The molecule has 1 amide bonds. The van der Waals surface area contributed by atoms with Crippen molar-refractivity contribution in [2.75, 3.05) is 5.32 Å².